The van der Waals surface area contributed by atoms with E-state index in [1.165, 1.54) is 4.88 Å². The summed E-state index contributed by atoms with van der Waals surface area (Å²) in [5, 5.41) is 2.12. The first-order valence-electron chi connectivity index (χ1n) is 6.05. The highest BCUT2D eigenvalue weighted by Gasteiger charge is 2.13. The molecule has 2 N–H and O–H groups in total. The first-order chi connectivity index (χ1) is 8.58. The van der Waals surface area contributed by atoms with E-state index < -0.39 is 0 Å². The molecule has 0 aliphatic rings. The minimum atomic E-state index is 0.401. The number of nitrogen functional groups attached to an aromatic ring is 1. The van der Waals surface area contributed by atoms with Crippen LogP contribution in [0.5, 0.6) is 0 Å². The Hall–Kier alpha value is -1.55. The molecule has 0 amide bonds. The van der Waals surface area contributed by atoms with Crippen LogP contribution in [-0.4, -0.2) is 18.1 Å². The number of anilines is 2. The van der Waals surface area contributed by atoms with Crippen molar-refractivity contribution in [2.24, 2.45) is 0 Å². The molecule has 0 fully saturated rings. The van der Waals surface area contributed by atoms with E-state index in [1.807, 2.05) is 19.2 Å². The Kier molecular flexibility index (Phi) is 3.87. The van der Waals surface area contributed by atoms with Crippen LogP contribution in [0.3, 0.4) is 0 Å². The molecule has 0 radical (unpaired) electrons. The topological polar surface area (TPSA) is 42.2 Å². The summed E-state index contributed by atoms with van der Waals surface area (Å²) in [5.74, 6) is 0.933. The van der Waals surface area contributed by atoms with Crippen LogP contribution in [0.15, 0.2) is 29.8 Å². The smallest absolute Gasteiger partial charge is 0.130 e. The molecule has 2 rings (SSSR count). The fourth-order valence-electron chi connectivity index (χ4n) is 1.80. The van der Waals surface area contributed by atoms with Gasteiger partial charge in [0.15, 0.2) is 0 Å². The van der Waals surface area contributed by atoms with Crippen LogP contribution < -0.4 is 10.6 Å². The molecule has 0 bridgehead atoms. The molecule has 2 heterocycles. The average molecular weight is 261 g/mol. The quantitative estimate of drug-likeness (QED) is 0.919. The van der Waals surface area contributed by atoms with E-state index in [0.717, 1.165) is 23.5 Å². The van der Waals surface area contributed by atoms with Crippen molar-refractivity contribution in [2.75, 3.05) is 17.7 Å². The molecule has 0 aliphatic heterocycles. The number of aromatic nitrogens is 1. The van der Waals surface area contributed by atoms with Gasteiger partial charge in [0.2, 0.25) is 0 Å². The van der Waals surface area contributed by atoms with E-state index in [1.54, 1.807) is 11.3 Å². The highest BCUT2D eigenvalue weighted by molar-refractivity contribution is 7.09. The van der Waals surface area contributed by atoms with Crippen molar-refractivity contribution in [2.45, 2.75) is 26.3 Å². The van der Waals surface area contributed by atoms with Crippen molar-refractivity contribution in [3.05, 3.63) is 40.2 Å². The fourth-order valence-corrected chi connectivity index (χ4v) is 2.63. The minimum Gasteiger partial charge on any atom is -0.398 e. The number of pyridine rings is 1. The second kappa shape index (κ2) is 5.40. The normalized spacial score (nSPS) is 12.4. The second-order valence-corrected chi connectivity index (χ2v) is 5.67. The molecule has 0 aromatic carbocycles. The van der Waals surface area contributed by atoms with Gasteiger partial charge in [-0.15, -0.1) is 11.3 Å². The summed E-state index contributed by atoms with van der Waals surface area (Å²) in [6.07, 6.45) is 2.86. The van der Waals surface area contributed by atoms with Crippen LogP contribution in [0.1, 0.15) is 17.4 Å². The number of aryl methyl sites for hydroxylation is 1. The molecule has 4 heteroatoms. The molecule has 1 unspecified atom stereocenters. The van der Waals surface area contributed by atoms with Gasteiger partial charge >= 0.3 is 0 Å². The Morgan fingerprint density at radius 3 is 2.89 bits per heavy atom. The largest absolute Gasteiger partial charge is 0.398 e. The van der Waals surface area contributed by atoms with Crippen LogP contribution in [0.2, 0.25) is 0 Å². The van der Waals surface area contributed by atoms with Gasteiger partial charge in [-0.25, -0.2) is 4.98 Å². The number of hydrogen-bond donors (Lipinski definition) is 1. The van der Waals surface area contributed by atoms with Crippen molar-refractivity contribution >= 4 is 22.8 Å². The van der Waals surface area contributed by atoms with E-state index in [9.17, 15) is 0 Å². The van der Waals surface area contributed by atoms with Gasteiger partial charge in [-0.2, -0.15) is 0 Å². The maximum Gasteiger partial charge on any atom is 0.130 e. The number of nitrogens with zero attached hydrogens (tertiary/aromatic N) is 2. The van der Waals surface area contributed by atoms with Gasteiger partial charge < -0.3 is 10.6 Å². The minimum absolute atomic E-state index is 0.401. The van der Waals surface area contributed by atoms with Crippen LogP contribution in [-0.2, 0) is 6.42 Å². The van der Waals surface area contributed by atoms with Crippen LogP contribution in [0.4, 0.5) is 11.5 Å². The first kappa shape index (κ1) is 12.9. The molecule has 0 saturated carbocycles. The number of nitrogens with two attached hydrogens (primary N) is 1. The summed E-state index contributed by atoms with van der Waals surface area (Å²) < 4.78 is 0. The van der Waals surface area contributed by atoms with E-state index >= 15 is 0 Å². The highest BCUT2D eigenvalue weighted by atomic mass is 32.1. The van der Waals surface area contributed by atoms with Crippen LogP contribution >= 0.6 is 11.3 Å². The van der Waals surface area contributed by atoms with Crippen molar-refractivity contribution in [3.63, 3.8) is 0 Å². The number of rotatable bonds is 4. The number of hydrogen-bond acceptors (Lipinski definition) is 4. The van der Waals surface area contributed by atoms with Crippen molar-refractivity contribution in [1.29, 1.82) is 0 Å². The van der Waals surface area contributed by atoms with E-state index in [4.69, 9.17) is 5.73 Å². The zero-order chi connectivity index (χ0) is 13.1. The molecule has 0 aliphatic carbocycles. The molecule has 2 aromatic rings. The summed E-state index contributed by atoms with van der Waals surface area (Å²) in [5.41, 5.74) is 7.76. The fraction of sp³-hybridized carbons (Fsp3) is 0.357. The van der Waals surface area contributed by atoms with Gasteiger partial charge in [-0.05, 0) is 30.9 Å². The van der Waals surface area contributed by atoms with Gasteiger partial charge in [0.05, 0.1) is 0 Å². The monoisotopic (exact) mass is 261 g/mol. The standard InChI is InChI=1S/C14H19N3S/c1-10-9-16-14(8-13(10)15)17(3)11(2)7-12-5-4-6-18-12/h4-6,8-9,11H,7H2,1-3H3,(H2,15,16). The Morgan fingerprint density at radius 2 is 2.28 bits per heavy atom. The van der Waals surface area contributed by atoms with Gasteiger partial charge in [-0.1, -0.05) is 6.07 Å². The zero-order valence-electron chi connectivity index (χ0n) is 11.1. The highest BCUT2D eigenvalue weighted by Crippen LogP contribution is 2.20. The van der Waals surface area contributed by atoms with Crippen LogP contribution in [0, 0.1) is 6.92 Å². The van der Waals surface area contributed by atoms with E-state index in [0.29, 0.717) is 6.04 Å². The Balaban J connectivity index is 2.10. The Morgan fingerprint density at radius 1 is 1.50 bits per heavy atom. The predicted molar refractivity (Wildman–Crippen MR) is 79.3 cm³/mol. The third kappa shape index (κ3) is 2.82. The number of thiophene rings is 1. The number of likely N-dealkylation sites (N-methyl/N-ethyl adjacent to an activating group) is 1. The second-order valence-electron chi connectivity index (χ2n) is 4.64. The van der Waals surface area contributed by atoms with Crippen LogP contribution in [0.25, 0.3) is 0 Å². The lowest BCUT2D eigenvalue weighted by atomic mass is 10.2. The third-order valence-electron chi connectivity index (χ3n) is 3.23. The molecule has 18 heavy (non-hydrogen) atoms. The predicted octanol–water partition coefficient (Wildman–Crippen LogP) is 3.10. The SMILES string of the molecule is Cc1cnc(N(C)C(C)Cc2cccs2)cc1N. The summed E-state index contributed by atoms with van der Waals surface area (Å²) in [6.45, 7) is 4.18. The molecular formula is C14H19N3S. The average Bonchev–Trinajstić information content (AvgIpc) is 2.84. The third-order valence-corrected chi connectivity index (χ3v) is 4.13. The van der Waals surface area contributed by atoms with E-state index in [2.05, 4.69) is 41.4 Å². The zero-order valence-corrected chi connectivity index (χ0v) is 11.9. The van der Waals surface area contributed by atoms with Crippen molar-refractivity contribution in [3.8, 4) is 0 Å². The van der Waals surface area contributed by atoms with Gasteiger partial charge in [0.1, 0.15) is 5.82 Å². The van der Waals surface area contributed by atoms with Gasteiger partial charge in [-0.3, -0.25) is 0 Å². The summed E-state index contributed by atoms with van der Waals surface area (Å²) in [4.78, 5) is 8.01. The van der Waals surface area contributed by atoms with Crippen molar-refractivity contribution < 1.29 is 0 Å². The molecular weight excluding hydrogens is 242 g/mol. The molecule has 96 valence electrons. The van der Waals surface area contributed by atoms with Gasteiger partial charge in [0.25, 0.3) is 0 Å². The summed E-state index contributed by atoms with van der Waals surface area (Å²) >= 11 is 1.80. The van der Waals surface area contributed by atoms with Crippen molar-refractivity contribution in [1.82, 2.24) is 4.98 Å². The lowest BCUT2D eigenvalue weighted by Crippen LogP contribution is -2.31. The lowest BCUT2D eigenvalue weighted by molar-refractivity contribution is 0.680. The molecule has 0 saturated heterocycles. The maximum atomic E-state index is 5.93. The molecule has 3 nitrogen and oxygen atoms in total. The maximum absolute atomic E-state index is 5.93. The molecule has 1 atom stereocenters. The first-order valence-corrected chi connectivity index (χ1v) is 6.93. The van der Waals surface area contributed by atoms with Gasteiger partial charge in [0, 0.05) is 42.3 Å². The Bertz CT molecular complexity index is 508. The summed E-state index contributed by atoms with van der Waals surface area (Å²) in [7, 11) is 2.06. The summed E-state index contributed by atoms with van der Waals surface area (Å²) in [6, 6.07) is 6.61. The Labute approximate surface area is 112 Å². The lowest BCUT2D eigenvalue weighted by Gasteiger charge is -2.26. The molecule has 2 aromatic heterocycles. The van der Waals surface area contributed by atoms with E-state index in [-0.39, 0.29) is 0 Å². The molecule has 0 spiro atoms.